The normalized spacial score (nSPS) is 11.8. The molecule has 1 atom stereocenters. The molecule has 0 aliphatic rings. The zero-order valence-electron chi connectivity index (χ0n) is 8.20. The Bertz CT molecular complexity index is 423. The van der Waals surface area contributed by atoms with E-state index in [0.717, 1.165) is 5.56 Å². The minimum atomic E-state index is -0.867. The van der Waals surface area contributed by atoms with Gasteiger partial charge in [-0.15, -0.1) is 0 Å². The quantitative estimate of drug-likeness (QED) is 0.856. The van der Waals surface area contributed by atoms with Crippen molar-refractivity contribution in [3.63, 3.8) is 0 Å². The summed E-state index contributed by atoms with van der Waals surface area (Å²) < 4.78 is 0. The van der Waals surface area contributed by atoms with Crippen LogP contribution in [0.15, 0.2) is 18.2 Å². The van der Waals surface area contributed by atoms with Crippen LogP contribution in [0.3, 0.4) is 0 Å². The molecule has 0 amide bonds. The first kappa shape index (κ1) is 11.5. The fourth-order valence-electron chi connectivity index (χ4n) is 1.25. The van der Waals surface area contributed by atoms with E-state index >= 15 is 0 Å². The van der Waals surface area contributed by atoms with Crippen LogP contribution in [0, 0.1) is 17.2 Å². The molecule has 3 nitrogen and oxygen atoms in total. The zero-order chi connectivity index (χ0) is 11.4. The number of halogens is 1. The summed E-state index contributed by atoms with van der Waals surface area (Å²) in [5.41, 5.74) is 1.16. The number of carbonyl (C=O) groups is 1. The Morgan fingerprint density at radius 2 is 2.33 bits per heavy atom. The molecular formula is C11H10ClNO2. The number of nitrogens with zero attached hydrogens (tertiary/aromatic N) is 1. The molecule has 1 aromatic rings. The highest BCUT2D eigenvalue weighted by molar-refractivity contribution is 6.30. The van der Waals surface area contributed by atoms with E-state index < -0.39 is 11.9 Å². The third kappa shape index (κ3) is 2.97. The SMILES string of the molecule is CC(Cc1ccc(Cl)cc1C#N)C(=O)O. The molecule has 15 heavy (non-hydrogen) atoms. The molecule has 1 rings (SSSR count). The second-order valence-electron chi connectivity index (χ2n) is 3.36. The van der Waals surface area contributed by atoms with Crippen LogP contribution in [0.4, 0.5) is 0 Å². The van der Waals surface area contributed by atoms with Crippen LogP contribution >= 0.6 is 11.6 Å². The summed E-state index contributed by atoms with van der Waals surface area (Å²) in [5.74, 6) is -1.37. The van der Waals surface area contributed by atoms with Crippen molar-refractivity contribution in [3.05, 3.63) is 34.3 Å². The fraction of sp³-hybridized carbons (Fsp3) is 0.273. The molecule has 0 saturated heterocycles. The third-order valence-electron chi connectivity index (χ3n) is 2.14. The molecule has 1 unspecified atom stereocenters. The molecule has 0 saturated carbocycles. The van der Waals surface area contributed by atoms with E-state index in [1.165, 1.54) is 0 Å². The van der Waals surface area contributed by atoms with Gasteiger partial charge in [0.2, 0.25) is 0 Å². The number of hydrogen-bond donors (Lipinski definition) is 1. The highest BCUT2D eigenvalue weighted by Crippen LogP contribution is 2.18. The molecule has 0 fully saturated rings. The lowest BCUT2D eigenvalue weighted by Gasteiger charge is -2.07. The highest BCUT2D eigenvalue weighted by atomic mass is 35.5. The van der Waals surface area contributed by atoms with E-state index in [9.17, 15) is 4.79 Å². The van der Waals surface area contributed by atoms with Gasteiger partial charge in [0.15, 0.2) is 0 Å². The van der Waals surface area contributed by atoms with Crippen molar-refractivity contribution in [1.29, 1.82) is 5.26 Å². The van der Waals surface area contributed by atoms with Gasteiger partial charge >= 0.3 is 5.97 Å². The van der Waals surface area contributed by atoms with E-state index in [1.54, 1.807) is 25.1 Å². The number of hydrogen-bond acceptors (Lipinski definition) is 2. The van der Waals surface area contributed by atoms with Crippen LogP contribution in [0.1, 0.15) is 18.1 Å². The third-order valence-corrected chi connectivity index (χ3v) is 2.38. The minimum Gasteiger partial charge on any atom is -0.481 e. The second-order valence-corrected chi connectivity index (χ2v) is 3.79. The van der Waals surface area contributed by atoms with Crippen molar-refractivity contribution in [1.82, 2.24) is 0 Å². The van der Waals surface area contributed by atoms with Gasteiger partial charge in [-0.3, -0.25) is 4.79 Å². The number of aliphatic carboxylic acids is 1. The van der Waals surface area contributed by atoms with Crippen molar-refractivity contribution in [3.8, 4) is 6.07 Å². The van der Waals surface area contributed by atoms with E-state index in [-0.39, 0.29) is 0 Å². The van der Waals surface area contributed by atoms with Gasteiger partial charge in [0.05, 0.1) is 17.6 Å². The van der Waals surface area contributed by atoms with Gasteiger partial charge in [0.1, 0.15) is 0 Å². The van der Waals surface area contributed by atoms with Gasteiger partial charge in [-0.1, -0.05) is 24.6 Å². The van der Waals surface area contributed by atoms with Crippen LogP contribution in [0.25, 0.3) is 0 Å². The van der Waals surface area contributed by atoms with Crippen LogP contribution in [0.2, 0.25) is 5.02 Å². The van der Waals surface area contributed by atoms with Crippen LogP contribution in [-0.4, -0.2) is 11.1 Å². The lowest BCUT2D eigenvalue weighted by Crippen LogP contribution is -2.12. The van der Waals surface area contributed by atoms with E-state index in [1.807, 2.05) is 6.07 Å². The predicted octanol–water partition coefficient (Wildman–Crippen LogP) is 2.47. The molecule has 0 aromatic heterocycles. The number of nitriles is 1. The summed E-state index contributed by atoms with van der Waals surface area (Å²) in [6.45, 7) is 1.61. The monoisotopic (exact) mass is 223 g/mol. The Morgan fingerprint density at radius 1 is 1.67 bits per heavy atom. The Kier molecular flexibility index (Phi) is 3.70. The summed E-state index contributed by atoms with van der Waals surface area (Å²) in [4.78, 5) is 10.7. The lowest BCUT2D eigenvalue weighted by molar-refractivity contribution is -0.141. The number of carboxylic acids is 1. The molecule has 0 bridgehead atoms. The van der Waals surface area contributed by atoms with Gasteiger partial charge in [0.25, 0.3) is 0 Å². The molecular weight excluding hydrogens is 214 g/mol. The summed E-state index contributed by atoms with van der Waals surface area (Å²) in [6.07, 6.45) is 0.343. The molecule has 78 valence electrons. The van der Waals surface area contributed by atoms with E-state index in [4.69, 9.17) is 22.0 Å². The maximum atomic E-state index is 10.7. The Balaban J connectivity index is 2.96. The second kappa shape index (κ2) is 4.81. The topological polar surface area (TPSA) is 61.1 Å². The predicted molar refractivity (Wildman–Crippen MR) is 56.7 cm³/mol. The zero-order valence-corrected chi connectivity index (χ0v) is 8.95. The summed E-state index contributed by atoms with van der Waals surface area (Å²) in [5, 5.41) is 18.1. The number of benzene rings is 1. The summed E-state index contributed by atoms with van der Waals surface area (Å²) in [6, 6.07) is 6.90. The maximum absolute atomic E-state index is 10.7. The average molecular weight is 224 g/mol. The minimum absolute atomic E-state index is 0.343. The molecule has 0 spiro atoms. The van der Waals surface area contributed by atoms with Crippen molar-refractivity contribution in [2.75, 3.05) is 0 Å². The van der Waals surface area contributed by atoms with E-state index in [2.05, 4.69) is 0 Å². The van der Waals surface area contributed by atoms with Crippen molar-refractivity contribution in [2.24, 2.45) is 5.92 Å². The maximum Gasteiger partial charge on any atom is 0.306 e. The Morgan fingerprint density at radius 3 is 2.87 bits per heavy atom. The molecule has 0 aliphatic carbocycles. The standard InChI is InChI=1S/C11H10ClNO2/c1-7(11(14)15)4-8-2-3-10(12)5-9(8)6-13/h2-3,5,7H,4H2,1H3,(H,14,15). The van der Waals surface area contributed by atoms with Gasteiger partial charge in [-0.05, 0) is 24.1 Å². The first-order chi connectivity index (χ1) is 7.04. The van der Waals surface area contributed by atoms with Gasteiger partial charge in [-0.25, -0.2) is 0 Å². The first-order valence-corrected chi connectivity index (χ1v) is 4.83. The summed E-state index contributed by atoms with van der Waals surface area (Å²) >= 11 is 5.73. The molecule has 0 heterocycles. The number of rotatable bonds is 3. The molecule has 0 aliphatic heterocycles. The van der Waals surface area contributed by atoms with Crippen LogP contribution < -0.4 is 0 Å². The molecule has 0 radical (unpaired) electrons. The van der Waals surface area contributed by atoms with Gasteiger partial charge in [0, 0.05) is 5.02 Å². The van der Waals surface area contributed by atoms with Crippen molar-refractivity contribution in [2.45, 2.75) is 13.3 Å². The van der Waals surface area contributed by atoms with E-state index in [0.29, 0.717) is 17.0 Å². The van der Waals surface area contributed by atoms with Crippen LogP contribution in [0.5, 0.6) is 0 Å². The molecule has 1 aromatic carbocycles. The van der Waals surface area contributed by atoms with Gasteiger partial charge in [-0.2, -0.15) is 5.26 Å². The Hall–Kier alpha value is -1.53. The smallest absolute Gasteiger partial charge is 0.306 e. The number of carboxylic acid groups (broad SMARTS) is 1. The van der Waals surface area contributed by atoms with Gasteiger partial charge < -0.3 is 5.11 Å². The fourth-order valence-corrected chi connectivity index (χ4v) is 1.42. The summed E-state index contributed by atoms with van der Waals surface area (Å²) in [7, 11) is 0. The molecule has 4 heteroatoms. The lowest BCUT2D eigenvalue weighted by atomic mass is 9.97. The first-order valence-electron chi connectivity index (χ1n) is 4.46. The van der Waals surface area contributed by atoms with Crippen LogP contribution in [-0.2, 0) is 11.2 Å². The Labute approximate surface area is 92.9 Å². The van der Waals surface area contributed by atoms with Crippen molar-refractivity contribution < 1.29 is 9.90 Å². The molecule has 1 N–H and O–H groups in total. The average Bonchev–Trinajstić information content (AvgIpc) is 2.20. The van der Waals surface area contributed by atoms with Crippen molar-refractivity contribution >= 4 is 17.6 Å². The highest BCUT2D eigenvalue weighted by Gasteiger charge is 2.14. The largest absolute Gasteiger partial charge is 0.481 e.